The number of alkyl halides is 2. The van der Waals surface area contributed by atoms with Gasteiger partial charge in [0.1, 0.15) is 0 Å². The van der Waals surface area contributed by atoms with E-state index in [0.29, 0.717) is 12.8 Å². The van der Waals surface area contributed by atoms with Crippen LogP contribution in [-0.4, -0.2) is 17.6 Å². The number of hydrogen-bond acceptors (Lipinski definition) is 1. The van der Waals surface area contributed by atoms with Crippen LogP contribution in [0.2, 0.25) is 0 Å². The molecular weight excluding hydrogens is 186 g/mol. The van der Waals surface area contributed by atoms with Crippen LogP contribution in [0.15, 0.2) is 0 Å². The molecule has 0 bridgehead atoms. The van der Waals surface area contributed by atoms with Gasteiger partial charge >= 0.3 is 0 Å². The largest absolute Gasteiger partial charge is 0.396 e. The van der Waals surface area contributed by atoms with Gasteiger partial charge in [0.25, 0.3) is 5.92 Å². The lowest BCUT2D eigenvalue weighted by molar-refractivity contribution is -0.0942. The number of halogens is 2. The van der Waals surface area contributed by atoms with Gasteiger partial charge < -0.3 is 5.11 Å². The van der Waals surface area contributed by atoms with Crippen molar-refractivity contribution >= 4 is 0 Å². The van der Waals surface area contributed by atoms with E-state index >= 15 is 0 Å². The molecule has 1 aliphatic carbocycles. The van der Waals surface area contributed by atoms with Gasteiger partial charge in [-0.15, -0.1) is 0 Å². The van der Waals surface area contributed by atoms with Crippen LogP contribution in [0.4, 0.5) is 8.78 Å². The summed E-state index contributed by atoms with van der Waals surface area (Å²) >= 11 is 0. The Balaban J connectivity index is 2.48. The molecule has 1 N–H and O–H groups in total. The van der Waals surface area contributed by atoms with E-state index in [4.69, 9.17) is 5.11 Å². The van der Waals surface area contributed by atoms with E-state index in [1.165, 1.54) is 0 Å². The van der Waals surface area contributed by atoms with Crippen molar-refractivity contribution in [3.05, 3.63) is 0 Å². The van der Waals surface area contributed by atoms with Crippen LogP contribution in [0.1, 0.15) is 46.0 Å². The average molecular weight is 206 g/mol. The molecule has 14 heavy (non-hydrogen) atoms. The van der Waals surface area contributed by atoms with E-state index < -0.39 is 18.4 Å². The highest BCUT2D eigenvalue weighted by atomic mass is 19.3. The summed E-state index contributed by atoms with van der Waals surface area (Å²) in [6, 6.07) is 0. The SMILES string of the molecule is CC1(C)CCC(C(F)(F)CCO)CC1. The third-order valence-electron chi connectivity index (χ3n) is 3.38. The molecule has 1 saturated carbocycles. The molecule has 0 heterocycles. The Bertz CT molecular complexity index is 180. The third kappa shape index (κ3) is 2.91. The number of aliphatic hydroxyl groups is 1. The molecule has 0 aromatic carbocycles. The number of aliphatic hydroxyl groups excluding tert-OH is 1. The van der Waals surface area contributed by atoms with Crippen LogP contribution >= 0.6 is 0 Å². The molecule has 0 unspecified atom stereocenters. The maximum absolute atomic E-state index is 13.4. The zero-order valence-electron chi connectivity index (χ0n) is 9.02. The van der Waals surface area contributed by atoms with Crippen LogP contribution in [0.3, 0.4) is 0 Å². The van der Waals surface area contributed by atoms with Crippen molar-refractivity contribution in [2.45, 2.75) is 51.9 Å². The van der Waals surface area contributed by atoms with Crippen molar-refractivity contribution in [3.63, 3.8) is 0 Å². The molecule has 0 radical (unpaired) electrons. The summed E-state index contributed by atoms with van der Waals surface area (Å²) in [4.78, 5) is 0. The highest BCUT2D eigenvalue weighted by Crippen LogP contribution is 2.44. The van der Waals surface area contributed by atoms with Crippen LogP contribution in [0.5, 0.6) is 0 Å². The van der Waals surface area contributed by atoms with Crippen LogP contribution in [0.25, 0.3) is 0 Å². The van der Waals surface area contributed by atoms with Crippen LogP contribution < -0.4 is 0 Å². The molecular formula is C11H20F2O. The van der Waals surface area contributed by atoms with Gasteiger partial charge in [-0.05, 0) is 31.1 Å². The number of rotatable bonds is 3. The topological polar surface area (TPSA) is 20.2 Å². The minimum atomic E-state index is -2.66. The normalized spacial score (nSPS) is 23.8. The average Bonchev–Trinajstić information content (AvgIpc) is 2.03. The first-order valence-electron chi connectivity index (χ1n) is 5.36. The smallest absolute Gasteiger partial charge is 0.253 e. The standard InChI is InChI=1S/C11H20F2O/c1-10(2)5-3-9(4-6-10)11(12,13)7-8-14/h9,14H,3-8H2,1-2H3. The first-order valence-corrected chi connectivity index (χ1v) is 5.36. The predicted octanol–water partition coefficient (Wildman–Crippen LogP) is 3.22. The Morgan fingerprint density at radius 1 is 1.29 bits per heavy atom. The van der Waals surface area contributed by atoms with E-state index in [-0.39, 0.29) is 11.8 Å². The first-order chi connectivity index (χ1) is 6.37. The molecule has 1 rings (SSSR count). The van der Waals surface area contributed by atoms with Gasteiger partial charge in [-0.25, -0.2) is 8.78 Å². The van der Waals surface area contributed by atoms with Crippen molar-refractivity contribution in [1.29, 1.82) is 0 Å². The lowest BCUT2D eigenvalue weighted by atomic mass is 9.71. The fourth-order valence-corrected chi connectivity index (χ4v) is 2.17. The van der Waals surface area contributed by atoms with Crippen LogP contribution in [0, 0.1) is 11.3 Å². The zero-order chi connectivity index (χ0) is 10.8. The van der Waals surface area contributed by atoms with E-state index in [1.807, 2.05) is 0 Å². The minimum absolute atomic E-state index is 0.228. The summed E-state index contributed by atoms with van der Waals surface area (Å²) in [7, 11) is 0. The molecule has 84 valence electrons. The summed E-state index contributed by atoms with van der Waals surface area (Å²) in [6.45, 7) is 3.85. The van der Waals surface area contributed by atoms with Gasteiger partial charge in [-0.1, -0.05) is 13.8 Å². The molecule has 0 aromatic rings. The lowest BCUT2D eigenvalue weighted by Gasteiger charge is -2.37. The fraction of sp³-hybridized carbons (Fsp3) is 1.00. The molecule has 0 spiro atoms. The predicted molar refractivity (Wildman–Crippen MR) is 52.4 cm³/mol. The van der Waals surface area contributed by atoms with Crippen molar-refractivity contribution in [3.8, 4) is 0 Å². The Labute approximate surface area is 84.5 Å². The quantitative estimate of drug-likeness (QED) is 0.751. The fourth-order valence-electron chi connectivity index (χ4n) is 2.17. The first kappa shape index (κ1) is 11.9. The summed E-state index contributed by atoms with van der Waals surface area (Å²) in [6.07, 6.45) is 2.56. The maximum atomic E-state index is 13.4. The van der Waals surface area contributed by atoms with E-state index in [9.17, 15) is 8.78 Å². The van der Waals surface area contributed by atoms with Gasteiger partial charge in [0.05, 0.1) is 0 Å². The van der Waals surface area contributed by atoms with Crippen LogP contribution in [-0.2, 0) is 0 Å². The Kier molecular flexibility index (Phi) is 3.51. The lowest BCUT2D eigenvalue weighted by Crippen LogP contribution is -2.34. The monoisotopic (exact) mass is 206 g/mol. The summed E-state index contributed by atoms with van der Waals surface area (Å²) in [5.41, 5.74) is 0.228. The molecule has 0 saturated heterocycles. The van der Waals surface area contributed by atoms with Gasteiger partial charge in [0.15, 0.2) is 0 Å². The summed E-state index contributed by atoms with van der Waals surface area (Å²) in [5, 5.41) is 8.56. The Morgan fingerprint density at radius 3 is 2.21 bits per heavy atom. The molecule has 0 aliphatic heterocycles. The highest BCUT2D eigenvalue weighted by Gasteiger charge is 2.42. The molecule has 1 fully saturated rings. The van der Waals surface area contributed by atoms with E-state index in [2.05, 4.69) is 13.8 Å². The van der Waals surface area contributed by atoms with E-state index in [1.54, 1.807) is 0 Å². The van der Waals surface area contributed by atoms with Gasteiger partial charge in [-0.2, -0.15) is 0 Å². The van der Waals surface area contributed by atoms with E-state index in [0.717, 1.165) is 12.8 Å². The van der Waals surface area contributed by atoms with Crippen molar-refractivity contribution in [2.75, 3.05) is 6.61 Å². The maximum Gasteiger partial charge on any atom is 0.253 e. The summed E-state index contributed by atoms with van der Waals surface area (Å²) in [5.74, 6) is -3.17. The zero-order valence-corrected chi connectivity index (χ0v) is 9.02. The Hall–Kier alpha value is -0.180. The molecule has 0 atom stereocenters. The van der Waals surface area contributed by atoms with Crippen molar-refractivity contribution < 1.29 is 13.9 Å². The molecule has 0 amide bonds. The minimum Gasteiger partial charge on any atom is -0.396 e. The van der Waals surface area contributed by atoms with Crippen molar-refractivity contribution in [2.24, 2.45) is 11.3 Å². The Morgan fingerprint density at radius 2 is 1.79 bits per heavy atom. The van der Waals surface area contributed by atoms with Gasteiger partial charge in [-0.3, -0.25) is 0 Å². The second-order valence-electron chi connectivity index (χ2n) is 5.17. The van der Waals surface area contributed by atoms with Gasteiger partial charge in [0, 0.05) is 18.9 Å². The van der Waals surface area contributed by atoms with Crippen molar-refractivity contribution in [1.82, 2.24) is 0 Å². The third-order valence-corrected chi connectivity index (χ3v) is 3.38. The molecule has 0 aromatic heterocycles. The molecule has 1 aliphatic rings. The van der Waals surface area contributed by atoms with Gasteiger partial charge in [0.2, 0.25) is 0 Å². The highest BCUT2D eigenvalue weighted by molar-refractivity contribution is 4.85. The summed E-state index contributed by atoms with van der Waals surface area (Å²) < 4.78 is 26.8. The molecule has 1 nitrogen and oxygen atoms in total. The second kappa shape index (κ2) is 4.13. The molecule has 3 heteroatoms. The number of hydrogen-bond donors (Lipinski definition) is 1. The second-order valence-corrected chi connectivity index (χ2v) is 5.17.